The maximum absolute atomic E-state index is 6.34. The molecule has 0 amide bonds. The van der Waals surface area contributed by atoms with Gasteiger partial charge in [-0.15, -0.1) is 0 Å². The summed E-state index contributed by atoms with van der Waals surface area (Å²) in [6, 6.07) is 9.00. The van der Waals surface area contributed by atoms with Crippen molar-refractivity contribution in [3.8, 4) is 11.3 Å². The van der Waals surface area contributed by atoms with Gasteiger partial charge in [-0.2, -0.15) is 0 Å². The van der Waals surface area contributed by atoms with E-state index in [1.807, 2.05) is 14.1 Å². The zero-order valence-corrected chi connectivity index (χ0v) is 12.4. The Hall–Kier alpha value is -1.97. The Balaban J connectivity index is 2.01. The number of hydrogen-bond acceptors (Lipinski definition) is 3. The lowest BCUT2D eigenvalue weighted by Gasteiger charge is -2.12. The molecule has 1 aromatic heterocycles. The molecular formula is C16H22N4. The van der Waals surface area contributed by atoms with Gasteiger partial charge in [-0.3, -0.25) is 0 Å². The zero-order chi connectivity index (χ0) is 14.3. The third kappa shape index (κ3) is 2.15. The lowest BCUT2D eigenvalue weighted by Crippen LogP contribution is -2.08. The van der Waals surface area contributed by atoms with Crippen LogP contribution in [0.5, 0.6) is 0 Å². The highest BCUT2D eigenvalue weighted by molar-refractivity contribution is 5.72. The van der Waals surface area contributed by atoms with Crippen LogP contribution < -0.4 is 10.6 Å². The SMILES string of the molecule is CCc1nc(-c2ccc(N(C)C)cc2)c(N)n1C1CC1. The van der Waals surface area contributed by atoms with E-state index in [0.717, 1.165) is 29.3 Å². The first-order valence-electron chi connectivity index (χ1n) is 7.26. The number of rotatable bonds is 4. The molecule has 0 saturated heterocycles. The Morgan fingerprint density at radius 3 is 2.40 bits per heavy atom. The van der Waals surface area contributed by atoms with Crippen molar-refractivity contribution in [3.63, 3.8) is 0 Å². The molecule has 0 spiro atoms. The Bertz CT molecular complexity index is 606. The molecule has 1 aromatic carbocycles. The molecule has 0 aliphatic heterocycles. The monoisotopic (exact) mass is 270 g/mol. The number of imidazole rings is 1. The summed E-state index contributed by atoms with van der Waals surface area (Å²) in [6.45, 7) is 2.14. The first-order valence-corrected chi connectivity index (χ1v) is 7.26. The fourth-order valence-corrected chi connectivity index (χ4v) is 2.61. The summed E-state index contributed by atoms with van der Waals surface area (Å²) in [4.78, 5) is 6.85. The molecule has 20 heavy (non-hydrogen) atoms. The topological polar surface area (TPSA) is 47.1 Å². The first-order chi connectivity index (χ1) is 9.61. The fourth-order valence-electron chi connectivity index (χ4n) is 2.61. The lowest BCUT2D eigenvalue weighted by molar-refractivity contribution is 0.696. The number of benzene rings is 1. The number of nitrogens with two attached hydrogens (primary N) is 1. The number of aromatic nitrogens is 2. The van der Waals surface area contributed by atoms with Crippen LogP contribution in [0.25, 0.3) is 11.3 Å². The Labute approximate surface area is 120 Å². The second kappa shape index (κ2) is 4.85. The molecule has 4 heteroatoms. The van der Waals surface area contributed by atoms with Gasteiger partial charge in [0.25, 0.3) is 0 Å². The maximum atomic E-state index is 6.34. The van der Waals surface area contributed by atoms with Gasteiger partial charge in [0.1, 0.15) is 17.3 Å². The second-order valence-electron chi connectivity index (χ2n) is 5.66. The Morgan fingerprint density at radius 1 is 1.25 bits per heavy atom. The van der Waals surface area contributed by atoms with Crippen LogP contribution in [-0.2, 0) is 6.42 Å². The average molecular weight is 270 g/mol. The molecule has 4 nitrogen and oxygen atoms in total. The molecular weight excluding hydrogens is 248 g/mol. The van der Waals surface area contributed by atoms with E-state index in [1.165, 1.54) is 18.5 Å². The van der Waals surface area contributed by atoms with Crippen molar-refractivity contribution in [1.82, 2.24) is 9.55 Å². The smallest absolute Gasteiger partial charge is 0.131 e. The van der Waals surface area contributed by atoms with E-state index in [1.54, 1.807) is 0 Å². The van der Waals surface area contributed by atoms with Crippen LogP contribution in [-0.4, -0.2) is 23.6 Å². The highest BCUT2D eigenvalue weighted by Crippen LogP contribution is 2.41. The summed E-state index contributed by atoms with van der Waals surface area (Å²) in [5, 5.41) is 0. The molecule has 1 aliphatic rings. The summed E-state index contributed by atoms with van der Waals surface area (Å²) >= 11 is 0. The number of anilines is 2. The van der Waals surface area contributed by atoms with Gasteiger partial charge in [0.2, 0.25) is 0 Å². The van der Waals surface area contributed by atoms with E-state index >= 15 is 0 Å². The summed E-state index contributed by atoms with van der Waals surface area (Å²) in [6.07, 6.45) is 3.38. The van der Waals surface area contributed by atoms with Gasteiger partial charge in [0.15, 0.2) is 0 Å². The number of hydrogen-bond donors (Lipinski definition) is 1. The molecule has 1 heterocycles. The molecule has 0 radical (unpaired) electrons. The highest BCUT2D eigenvalue weighted by atomic mass is 15.2. The van der Waals surface area contributed by atoms with E-state index in [4.69, 9.17) is 10.7 Å². The fraction of sp³-hybridized carbons (Fsp3) is 0.438. The minimum absolute atomic E-state index is 0.576. The third-order valence-corrected chi connectivity index (χ3v) is 3.91. The molecule has 1 aliphatic carbocycles. The average Bonchev–Trinajstić information content (AvgIpc) is 3.22. The van der Waals surface area contributed by atoms with E-state index in [-0.39, 0.29) is 0 Å². The summed E-state index contributed by atoms with van der Waals surface area (Å²) < 4.78 is 2.23. The molecule has 3 rings (SSSR count). The largest absolute Gasteiger partial charge is 0.383 e. The normalized spacial score (nSPS) is 14.6. The number of aryl methyl sites for hydroxylation is 1. The van der Waals surface area contributed by atoms with Crippen molar-refractivity contribution in [3.05, 3.63) is 30.1 Å². The molecule has 2 aromatic rings. The van der Waals surface area contributed by atoms with Crippen molar-refractivity contribution in [1.29, 1.82) is 0 Å². The summed E-state index contributed by atoms with van der Waals surface area (Å²) in [7, 11) is 4.08. The van der Waals surface area contributed by atoms with Gasteiger partial charge in [0, 0.05) is 37.8 Å². The predicted molar refractivity (Wildman–Crippen MR) is 84.1 cm³/mol. The van der Waals surface area contributed by atoms with Crippen LogP contribution in [0, 0.1) is 0 Å². The number of nitrogen functional groups attached to an aromatic ring is 1. The quantitative estimate of drug-likeness (QED) is 0.928. The van der Waals surface area contributed by atoms with Crippen LogP contribution in [0.3, 0.4) is 0 Å². The molecule has 0 bridgehead atoms. The maximum Gasteiger partial charge on any atom is 0.131 e. The minimum Gasteiger partial charge on any atom is -0.383 e. The standard InChI is InChI=1S/C16H22N4/c1-4-14-18-15(16(17)20(14)13-9-10-13)11-5-7-12(8-6-11)19(2)3/h5-8,13H,4,9-10,17H2,1-3H3. The van der Waals surface area contributed by atoms with Gasteiger partial charge >= 0.3 is 0 Å². The van der Waals surface area contributed by atoms with Crippen molar-refractivity contribution < 1.29 is 0 Å². The number of nitrogens with zero attached hydrogens (tertiary/aromatic N) is 3. The molecule has 2 N–H and O–H groups in total. The van der Waals surface area contributed by atoms with Crippen LogP contribution in [0.2, 0.25) is 0 Å². The van der Waals surface area contributed by atoms with Crippen molar-refractivity contribution in [2.24, 2.45) is 0 Å². The van der Waals surface area contributed by atoms with E-state index in [2.05, 4.69) is 40.7 Å². The van der Waals surface area contributed by atoms with Gasteiger partial charge in [-0.25, -0.2) is 4.98 Å². The highest BCUT2D eigenvalue weighted by Gasteiger charge is 2.29. The van der Waals surface area contributed by atoms with E-state index in [0.29, 0.717) is 6.04 Å². The van der Waals surface area contributed by atoms with Gasteiger partial charge in [0.05, 0.1) is 0 Å². The van der Waals surface area contributed by atoms with Gasteiger partial charge in [-0.1, -0.05) is 19.1 Å². The predicted octanol–water partition coefficient (Wildman–Crippen LogP) is 3.10. The van der Waals surface area contributed by atoms with Crippen LogP contribution in [0.4, 0.5) is 11.5 Å². The van der Waals surface area contributed by atoms with Crippen molar-refractivity contribution >= 4 is 11.5 Å². The molecule has 106 valence electrons. The van der Waals surface area contributed by atoms with E-state index in [9.17, 15) is 0 Å². The van der Waals surface area contributed by atoms with Gasteiger partial charge in [-0.05, 0) is 25.0 Å². The van der Waals surface area contributed by atoms with E-state index < -0.39 is 0 Å². The van der Waals surface area contributed by atoms with Crippen molar-refractivity contribution in [2.45, 2.75) is 32.2 Å². The van der Waals surface area contributed by atoms with Crippen LogP contribution in [0.1, 0.15) is 31.6 Å². The zero-order valence-electron chi connectivity index (χ0n) is 12.4. The second-order valence-corrected chi connectivity index (χ2v) is 5.66. The summed E-state index contributed by atoms with van der Waals surface area (Å²) in [5.41, 5.74) is 9.55. The van der Waals surface area contributed by atoms with Crippen LogP contribution in [0.15, 0.2) is 24.3 Å². The van der Waals surface area contributed by atoms with Crippen molar-refractivity contribution in [2.75, 3.05) is 24.7 Å². The minimum atomic E-state index is 0.576. The molecule has 1 saturated carbocycles. The lowest BCUT2D eigenvalue weighted by atomic mass is 10.1. The summed E-state index contributed by atoms with van der Waals surface area (Å²) in [5.74, 6) is 1.93. The van der Waals surface area contributed by atoms with Crippen LogP contribution >= 0.6 is 0 Å². The third-order valence-electron chi connectivity index (χ3n) is 3.91. The molecule has 0 unspecified atom stereocenters. The Morgan fingerprint density at radius 2 is 1.90 bits per heavy atom. The molecule has 0 atom stereocenters. The Kier molecular flexibility index (Phi) is 3.16. The van der Waals surface area contributed by atoms with Gasteiger partial charge < -0.3 is 15.2 Å². The first kappa shape index (κ1) is 13.0. The molecule has 1 fully saturated rings.